The van der Waals surface area contributed by atoms with Gasteiger partial charge >= 0.3 is 5.97 Å². The van der Waals surface area contributed by atoms with Crippen molar-refractivity contribution in [2.75, 3.05) is 0 Å². The van der Waals surface area contributed by atoms with Crippen LogP contribution in [0, 0.1) is 6.92 Å². The Kier molecular flexibility index (Phi) is 3.94. The Morgan fingerprint density at radius 1 is 1.08 bits per heavy atom. The molecule has 4 aromatic rings. The van der Waals surface area contributed by atoms with Crippen molar-refractivity contribution < 1.29 is 13.9 Å². The fourth-order valence-corrected chi connectivity index (χ4v) is 3.10. The van der Waals surface area contributed by atoms with E-state index in [1.165, 1.54) is 0 Å². The first-order chi connectivity index (χ1) is 12.1. The molecule has 1 heterocycles. The maximum atomic E-state index is 12.4. The number of esters is 1. The first-order valence-electron chi connectivity index (χ1n) is 7.96. The van der Waals surface area contributed by atoms with Gasteiger partial charge in [-0.1, -0.05) is 48.0 Å². The Bertz CT molecular complexity index is 1090. The summed E-state index contributed by atoms with van der Waals surface area (Å²) in [4.78, 5) is 12.4. The first-order valence-corrected chi connectivity index (χ1v) is 8.34. The van der Waals surface area contributed by atoms with Crippen LogP contribution < -0.4 is 4.74 Å². The Hall–Kier alpha value is -2.78. The quantitative estimate of drug-likeness (QED) is 0.351. The number of ether oxygens (including phenoxy) is 1. The zero-order valence-corrected chi connectivity index (χ0v) is 14.3. The lowest BCUT2D eigenvalue weighted by Crippen LogP contribution is -2.11. The third-order valence-corrected chi connectivity index (χ3v) is 4.65. The summed E-state index contributed by atoms with van der Waals surface area (Å²) in [7, 11) is 0. The van der Waals surface area contributed by atoms with E-state index in [1.807, 2.05) is 55.5 Å². The molecule has 0 spiro atoms. The van der Waals surface area contributed by atoms with Gasteiger partial charge in [0.1, 0.15) is 11.3 Å². The Balaban J connectivity index is 1.61. The molecule has 0 saturated carbocycles. The van der Waals surface area contributed by atoms with E-state index >= 15 is 0 Å². The monoisotopic (exact) mass is 350 g/mol. The molecular formula is C21H15ClO3. The van der Waals surface area contributed by atoms with E-state index in [9.17, 15) is 4.79 Å². The van der Waals surface area contributed by atoms with Gasteiger partial charge in [0, 0.05) is 21.4 Å². The second kappa shape index (κ2) is 6.26. The maximum absolute atomic E-state index is 12.4. The van der Waals surface area contributed by atoms with Crippen LogP contribution >= 0.6 is 11.6 Å². The number of carbonyl (C=O) groups excluding carboxylic acids is 1. The van der Waals surface area contributed by atoms with Crippen LogP contribution in [-0.2, 0) is 11.2 Å². The second-order valence-electron chi connectivity index (χ2n) is 5.99. The maximum Gasteiger partial charge on any atom is 0.315 e. The highest BCUT2D eigenvalue weighted by Crippen LogP contribution is 2.29. The predicted octanol–water partition coefficient (Wildman–Crippen LogP) is 5.70. The van der Waals surface area contributed by atoms with Gasteiger partial charge < -0.3 is 9.15 Å². The summed E-state index contributed by atoms with van der Waals surface area (Å²) in [5, 5.41) is 3.43. The van der Waals surface area contributed by atoms with Crippen molar-refractivity contribution in [3.8, 4) is 5.75 Å². The first kappa shape index (κ1) is 15.7. The van der Waals surface area contributed by atoms with E-state index in [0.29, 0.717) is 10.8 Å². The normalized spacial score (nSPS) is 11.1. The average molecular weight is 351 g/mol. The van der Waals surface area contributed by atoms with E-state index in [1.54, 1.807) is 12.3 Å². The molecule has 0 atom stereocenters. The summed E-state index contributed by atoms with van der Waals surface area (Å²) in [6, 6.07) is 17.2. The molecule has 0 bridgehead atoms. The second-order valence-corrected chi connectivity index (χ2v) is 6.39. The van der Waals surface area contributed by atoms with E-state index in [0.717, 1.165) is 32.9 Å². The highest BCUT2D eigenvalue weighted by molar-refractivity contribution is 6.32. The molecule has 0 aliphatic heterocycles. The lowest BCUT2D eigenvalue weighted by molar-refractivity contribution is -0.133. The standard InChI is InChI=1S/C21H15ClO3/c1-13-9-20-17(11-18(13)22)15(12-24-20)10-21(23)25-19-8-4-6-14-5-2-3-7-16(14)19/h2-9,11-12H,10H2,1H3. The van der Waals surface area contributed by atoms with Crippen LogP contribution in [0.15, 0.2) is 65.3 Å². The molecule has 1 aromatic heterocycles. The molecule has 3 aromatic carbocycles. The number of fused-ring (bicyclic) bond motifs is 2. The topological polar surface area (TPSA) is 39.4 Å². The largest absolute Gasteiger partial charge is 0.464 e. The zero-order valence-electron chi connectivity index (χ0n) is 13.6. The number of rotatable bonds is 3. The molecule has 0 saturated heterocycles. The van der Waals surface area contributed by atoms with E-state index < -0.39 is 0 Å². The Morgan fingerprint density at radius 3 is 2.76 bits per heavy atom. The van der Waals surface area contributed by atoms with Gasteiger partial charge in [0.2, 0.25) is 0 Å². The van der Waals surface area contributed by atoms with Crippen molar-refractivity contribution in [2.24, 2.45) is 0 Å². The summed E-state index contributed by atoms with van der Waals surface area (Å²) in [6.07, 6.45) is 1.71. The zero-order chi connectivity index (χ0) is 17.4. The smallest absolute Gasteiger partial charge is 0.315 e. The molecule has 0 N–H and O–H groups in total. The number of benzene rings is 3. The van der Waals surface area contributed by atoms with Crippen molar-refractivity contribution in [2.45, 2.75) is 13.3 Å². The van der Waals surface area contributed by atoms with Gasteiger partial charge in [-0.15, -0.1) is 0 Å². The molecule has 4 heteroatoms. The minimum atomic E-state index is -0.337. The number of halogens is 1. The Labute approximate surface area is 149 Å². The molecule has 0 unspecified atom stereocenters. The van der Waals surface area contributed by atoms with Gasteiger partial charge in [-0.05, 0) is 36.1 Å². The lowest BCUT2D eigenvalue weighted by atomic mass is 10.1. The minimum absolute atomic E-state index is 0.121. The summed E-state index contributed by atoms with van der Waals surface area (Å²) in [5.41, 5.74) is 2.42. The van der Waals surface area contributed by atoms with Crippen LogP contribution in [-0.4, -0.2) is 5.97 Å². The van der Waals surface area contributed by atoms with E-state index in [2.05, 4.69) is 0 Å². The van der Waals surface area contributed by atoms with Gasteiger partial charge in [-0.25, -0.2) is 0 Å². The van der Waals surface area contributed by atoms with Crippen molar-refractivity contribution in [1.82, 2.24) is 0 Å². The third kappa shape index (κ3) is 2.99. The van der Waals surface area contributed by atoms with Crippen LogP contribution in [0.25, 0.3) is 21.7 Å². The SMILES string of the molecule is Cc1cc2occ(CC(=O)Oc3cccc4ccccc34)c2cc1Cl. The predicted molar refractivity (Wildman–Crippen MR) is 99.2 cm³/mol. The summed E-state index contributed by atoms with van der Waals surface area (Å²) >= 11 is 6.19. The molecule has 0 radical (unpaired) electrons. The molecule has 0 aliphatic carbocycles. The van der Waals surface area contributed by atoms with Gasteiger partial charge in [-0.2, -0.15) is 0 Å². The number of aryl methyl sites for hydroxylation is 1. The van der Waals surface area contributed by atoms with Crippen molar-refractivity contribution in [1.29, 1.82) is 0 Å². The summed E-state index contributed by atoms with van der Waals surface area (Å²) in [5.74, 6) is 0.223. The highest BCUT2D eigenvalue weighted by Gasteiger charge is 2.14. The molecule has 4 rings (SSSR count). The minimum Gasteiger partial charge on any atom is -0.464 e. The van der Waals surface area contributed by atoms with Crippen LogP contribution in [0.1, 0.15) is 11.1 Å². The van der Waals surface area contributed by atoms with Gasteiger partial charge in [-0.3, -0.25) is 4.79 Å². The van der Waals surface area contributed by atoms with Crippen molar-refractivity contribution in [3.63, 3.8) is 0 Å². The highest BCUT2D eigenvalue weighted by atomic mass is 35.5. The van der Waals surface area contributed by atoms with Crippen LogP contribution in [0.2, 0.25) is 5.02 Å². The van der Waals surface area contributed by atoms with Gasteiger partial charge in [0.05, 0.1) is 12.7 Å². The van der Waals surface area contributed by atoms with Gasteiger partial charge in [0.25, 0.3) is 0 Å². The Morgan fingerprint density at radius 2 is 1.88 bits per heavy atom. The van der Waals surface area contributed by atoms with Crippen LogP contribution in [0.4, 0.5) is 0 Å². The molecule has 3 nitrogen and oxygen atoms in total. The molecule has 0 amide bonds. The van der Waals surface area contributed by atoms with Crippen molar-refractivity contribution >= 4 is 39.3 Å². The number of hydrogen-bond acceptors (Lipinski definition) is 3. The number of furan rings is 1. The average Bonchev–Trinajstić information content (AvgIpc) is 2.97. The molecule has 25 heavy (non-hydrogen) atoms. The van der Waals surface area contributed by atoms with E-state index in [4.69, 9.17) is 20.8 Å². The van der Waals surface area contributed by atoms with Crippen molar-refractivity contribution in [3.05, 3.63) is 77.0 Å². The fourth-order valence-electron chi connectivity index (χ4n) is 2.94. The third-order valence-electron chi connectivity index (χ3n) is 4.24. The number of hydrogen-bond donors (Lipinski definition) is 0. The van der Waals surface area contributed by atoms with Gasteiger partial charge in [0.15, 0.2) is 0 Å². The summed E-state index contributed by atoms with van der Waals surface area (Å²) in [6.45, 7) is 1.92. The molecular weight excluding hydrogens is 336 g/mol. The van der Waals surface area contributed by atoms with Crippen LogP contribution in [0.5, 0.6) is 5.75 Å². The molecule has 0 aliphatic rings. The van der Waals surface area contributed by atoms with E-state index in [-0.39, 0.29) is 12.4 Å². The molecule has 124 valence electrons. The summed E-state index contributed by atoms with van der Waals surface area (Å²) < 4.78 is 11.1. The number of carbonyl (C=O) groups is 1. The fraction of sp³-hybridized carbons (Fsp3) is 0.0952. The molecule has 0 fully saturated rings. The lowest BCUT2D eigenvalue weighted by Gasteiger charge is -2.07. The van der Waals surface area contributed by atoms with Crippen LogP contribution in [0.3, 0.4) is 0 Å².